The number of nitrogens with one attached hydrogen (secondary N) is 1. The van der Waals surface area contributed by atoms with E-state index < -0.39 is 0 Å². The van der Waals surface area contributed by atoms with Gasteiger partial charge in [0.2, 0.25) is 5.95 Å². The van der Waals surface area contributed by atoms with Crippen molar-refractivity contribution in [1.29, 1.82) is 0 Å². The minimum absolute atomic E-state index is 0.000492. The molecule has 25 heavy (non-hydrogen) atoms. The van der Waals surface area contributed by atoms with E-state index >= 15 is 0 Å². The largest absolute Gasteiger partial charge is 0.391 e. The van der Waals surface area contributed by atoms with Gasteiger partial charge in [0.05, 0.1) is 12.1 Å². The molecule has 8 nitrogen and oxygen atoms in total. The fraction of sp³-hybridized carbons (Fsp3) is 0.588. The van der Waals surface area contributed by atoms with Gasteiger partial charge in [-0.05, 0) is 19.5 Å². The molecule has 0 bridgehead atoms. The summed E-state index contributed by atoms with van der Waals surface area (Å²) >= 11 is 0. The van der Waals surface area contributed by atoms with Gasteiger partial charge < -0.3 is 20.2 Å². The maximum Gasteiger partial charge on any atom is 0.225 e. The van der Waals surface area contributed by atoms with E-state index in [-0.39, 0.29) is 18.2 Å². The Hall–Kier alpha value is -2.03. The van der Waals surface area contributed by atoms with Crippen molar-refractivity contribution in [2.24, 2.45) is 0 Å². The van der Waals surface area contributed by atoms with Crippen LogP contribution >= 0.6 is 0 Å². The van der Waals surface area contributed by atoms with Gasteiger partial charge in [0.15, 0.2) is 0 Å². The lowest BCUT2D eigenvalue weighted by Crippen LogP contribution is -2.54. The van der Waals surface area contributed by atoms with Crippen LogP contribution in [0.2, 0.25) is 0 Å². The van der Waals surface area contributed by atoms with Crippen LogP contribution < -0.4 is 10.2 Å². The van der Waals surface area contributed by atoms with Crippen molar-refractivity contribution < 1.29 is 5.11 Å². The van der Waals surface area contributed by atoms with E-state index in [1.807, 2.05) is 29.3 Å². The molecule has 2 aromatic rings. The van der Waals surface area contributed by atoms with E-state index in [1.54, 1.807) is 6.20 Å². The van der Waals surface area contributed by atoms with Gasteiger partial charge in [0, 0.05) is 69.1 Å². The molecule has 2 aliphatic rings. The minimum Gasteiger partial charge on any atom is -0.391 e. The normalized spacial score (nSPS) is 27.3. The van der Waals surface area contributed by atoms with Gasteiger partial charge in [-0.2, -0.15) is 5.10 Å². The van der Waals surface area contributed by atoms with E-state index in [1.165, 1.54) is 0 Å². The lowest BCUT2D eigenvalue weighted by Gasteiger charge is -2.42. The number of aliphatic hydroxyl groups is 1. The number of aliphatic hydroxyl groups excluding tert-OH is 1. The molecular formula is C17H25N7O. The van der Waals surface area contributed by atoms with Crippen molar-refractivity contribution in [3.63, 3.8) is 0 Å². The molecule has 2 aromatic heterocycles. The first-order chi connectivity index (χ1) is 12.2. The Morgan fingerprint density at radius 3 is 2.60 bits per heavy atom. The van der Waals surface area contributed by atoms with Gasteiger partial charge in [-0.15, -0.1) is 0 Å². The Morgan fingerprint density at radius 1 is 1.20 bits per heavy atom. The zero-order chi connectivity index (χ0) is 17.2. The number of nitrogens with zero attached hydrogens (tertiary/aromatic N) is 6. The molecule has 2 N–H and O–H groups in total. The molecule has 0 spiro atoms. The monoisotopic (exact) mass is 343 g/mol. The first kappa shape index (κ1) is 16.4. The molecule has 1 saturated carbocycles. The van der Waals surface area contributed by atoms with Crippen molar-refractivity contribution in [3.05, 3.63) is 36.4 Å². The fourth-order valence-electron chi connectivity index (χ4n) is 3.49. The number of hydrogen-bond acceptors (Lipinski definition) is 7. The second-order valence-electron chi connectivity index (χ2n) is 6.95. The number of rotatable bonds is 5. The molecule has 134 valence electrons. The zero-order valence-corrected chi connectivity index (χ0v) is 14.5. The average Bonchev–Trinajstić information content (AvgIpc) is 3.13. The summed E-state index contributed by atoms with van der Waals surface area (Å²) < 4.78 is 1.83. The first-order valence-corrected chi connectivity index (χ1v) is 8.86. The summed E-state index contributed by atoms with van der Waals surface area (Å²) in [4.78, 5) is 13.6. The maximum absolute atomic E-state index is 10.0. The lowest BCUT2D eigenvalue weighted by atomic mass is 9.83. The molecule has 3 atom stereocenters. The van der Waals surface area contributed by atoms with Crippen molar-refractivity contribution >= 4 is 5.95 Å². The summed E-state index contributed by atoms with van der Waals surface area (Å²) in [6, 6.07) is 2.10. The third-order valence-corrected chi connectivity index (χ3v) is 5.18. The second-order valence-corrected chi connectivity index (χ2v) is 6.95. The van der Waals surface area contributed by atoms with Crippen LogP contribution in [-0.4, -0.2) is 75.1 Å². The van der Waals surface area contributed by atoms with Crippen LogP contribution in [0.15, 0.2) is 30.9 Å². The maximum atomic E-state index is 10.0. The molecule has 0 aromatic carbocycles. The molecule has 2 fully saturated rings. The standard InChI is InChI=1S/C17H25N7O/c1-22-5-7-23(8-6-22)17-19-11-13(12-20-17)10-18-14-9-15(25)16(14)24-4-2-3-21-24/h2-4,11-12,14-16,18,25H,5-10H2,1H3/t14-,15+,16+/m0/s1. The summed E-state index contributed by atoms with van der Waals surface area (Å²) in [6.45, 7) is 4.73. The first-order valence-electron chi connectivity index (χ1n) is 8.86. The van der Waals surface area contributed by atoms with Crippen LogP contribution in [0.4, 0.5) is 5.95 Å². The van der Waals surface area contributed by atoms with Gasteiger partial charge in [-0.1, -0.05) is 0 Å². The van der Waals surface area contributed by atoms with E-state index in [4.69, 9.17) is 0 Å². The molecule has 0 radical (unpaired) electrons. The van der Waals surface area contributed by atoms with Crippen molar-refractivity contribution in [1.82, 2.24) is 30.0 Å². The summed E-state index contributed by atoms with van der Waals surface area (Å²) in [7, 11) is 2.14. The molecule has 0 unspecified atom stereocenters. The summed E-state index contributed by atoms with van der Waals surface area (Å²) in [6.07, 6.45) is 7.83. The van der Waals surface area contributed by atoms with Crippen molar-refractivity contribution in [2.75, 3.05) is 38.1 Å². The Balaban J connectivity index is 1.31. The summed E-state index contributed by atoms with van der Waals surface area (Å²) in [5.41, 5.74) is 1.05. The van der Waals surface area contributed by atoms with Crippen LogP contribution in [0, 0.1) is 0 Å². The topological polar surface area (TPSA) is 82.3 Å². The number of likely N-dealkylation sites (N-methyl/N-ethyl adjacent to an activating group) is 1. The molecule has 1 aliphatic heterocycles. The SMILES string of the molecule is CN1CCN(c2ncc(CN[C@H]3C[C@@H](O)[C@@H]3n3cccn3)cn2)CC1. The molecule has 3 heterocycles. The predicted molar refractivity (Wildman–Crippen MR) is 94.3 cm³/mol. The zero-order valence-electron chi connectivity index (χ0n) is 14.5. The number of hydrogen-bond donors (Lipinski definition) is 2. The van der Waals surface area contributed by atoms with E-state index in [0.717, 1.165) is 44.1 Å². The highest BCUT2D eigenvalue weighted by Gasteiger charge is 2.41. The average molecular weight is 343 g/mol. The smallest absolute Gasteiger partial charge is 0.225 e. The molecular weight excluding hydrogens is 318 g/mol. The van der Waals surface area contributed by atoms with Crippen molar-refractivity contribution in [3.8, 4) is 0 Å². The molecule has 1 aliphatic carbocycles. The minimum atomic E-state index is -0.340. The molecule has 0 amide bonds. The van der Waals surface area contributed by atoms with Crippen LogP contribution in [0.5, 0.6) is 0 Å². The summed E-state index contributed by atoms with van der Waals surface area (Å²) in [5.74, 6) is 0.810. The molecule has 8 heteroatoms. The molecule has 1 saturated heterocycles. The van der Waals surface area contributed by atoms with Crippen LogP contribution in [-0.2, 0) is 6.54 Å². The third kappa shape index (κ3) is 3.51. The second kappa shape index (κ2) is 7.07. The lowest BCUT2D eigenvalue weighted by molar-refractivity contribution is -0.00823. The highest BCUT2D eigenvalue weighted by atomic mass is 16.3. The molecule has 4 rings (SSSR count). The number of piperazine rings is 1. The van der Waals surface area contributed by atoms with Gasteiger partial charge in [0.1, 0.15) is 0 Å². The van der Waals surface area contributed by atoms with E-state index in [0.29, 0.717) is 6.54 Å². The van der Waals surface area contributed by atoms with Crippen LogP contribution in [0.25, 0.3) is 0 Å². The third-order valence-electron chi connectivity index (χ3n) is 5.18. The van der Waals surface area contributed by atoms with E-state index in [9.17, 15) is 5.11 Å². The Bertz CT molecular complexity index is 667. The Labute approximate surface area is 147 Å². The number of anilines is 1. The van der Waals surface area contributed by atoms with Gasteiger partial charge in [-0.3, -0.25) is 4.68 Å². The highest BCUT2D eigenvalue weighted by molar-refractivity contribution is 5.30. The van der Waals surface area contributed by atoms with Gasteiger partial charge in [-0.25, -0.2) is 9.97 Å². The van der Waals surface area contributed by atoms with Crippen molar-refractivity contribution in [2.45, 2.75) is 31.2 Å². The fourth-order valence-corrected chi connectivity index (χ4v) is 3.49. The predicted octanol–water partition coefficient (Wildman–Crippen LogP) is -0.111. The Kier molecular flexibility index (Phi) is 4.65. The number of aromatic nitrogens is 4. The van der Waals surface area contributed by atoms with Crippen LogP contribution in [0.3, 0.4) is 0 Å². The van der Waals surface area contributed by atoms with Crippen LogP contribution in [0.1, 0.15) is 18.0 Å². The highest BCUT2D eigenvalue weighted by Crippen LogP contribution is 2.32. The quantitative estimate of drug-likeness (QED) is 0.784. The summed E-state index contributed by atoms with van der Waals surface area (Å²) in [5, 5.41) is 17.7. The van der Waals surface area contributed by atoms with Gasteiger partial charge in [0.25, 0.3) is 0 Å². The van der Waals surface area contributed by atoms with E-state index in [2.05, 4.69) is 37.2 Å². The Morgan fingerprint density at radius 2 is 1.96 bits per heavy atom. The van der Waals surface area contributed by atoms with Gasteiger partial charge >= 0.3 is 0 Å².